The number of halogens is 1. The molecule has 2 aromatic carbocycles. The average Bonchev–Trinajstić information content (AvgIpc) is 3.47. The minimum Gasteiger partial charge on any atom is -0.459 e. The number of ether oxygens (including phenoxy) is 1. The molecule has 0 aliphatic carbocycles. The highest BCUT2D eigenvalue weighted by atomic mass is 35.5. The summed E-state index contributed by atoms with van der Waals surface area (Å²) < 4.78 is 13.2. The third-order valence-electron chi connectivity index (χ3n) is 6.29. The molecule has 204 valence electrons. The number of thiazole rings is 1. The van der Waals surface area contributed by atoms with Crippen molar-refractivity contribution in [1.82, 2.24) is 4.57 Å². The van der Waals surface area contributed by atoms with Crippen molar-refractivity contribution in [3.8, 4) is 11.3 Å². The summed E-state index contributed by atoms with van der Waals surface area (Å²) in [4.78, 5) is 43.1. The largest absolute Gasteiger partial charge is 0.459 e. The first-order chi connectivity index (χ1) is 19.0. The first-order valence-electron chi connectivity index (χ1n) is 12.4. The molecule has 1 aliphatic rings. The van der Waals surface area contributed by atoms with Crippen LogP contribution in [0.2, 0.25) is 5.02 Å². The van der Waals surface area contributed by atoms with Crippen LogP contribution in [0, 0.1) is 17.0 Å². The lowest BCUT2D eigenvalue weighted by atomic mass is 9.96. The molecule has 4 aromatic rings. The van der Waals surface area contributed by atoms with E-state index in [9.17, 15) is 19.7 Å². The number of rotatable bonds is 6. The van der Waals surface area contributed by atoms with Crippen LogP contribution in [-0.4, -0.2) is 21.6 Å². The van der Waals surface area contributed by atoms with E-state index in [2.05, 4.69) is 4.99 Å². The van der Waals surface area contributed by atoms with Crippen LogP contribution in [-0.2, 0) is 9.53 Å². The van der Waals surface area contributed by atoms with E-state index in [1.54, 1.807) is 82.3 Å². The number of nitro groups is 1. The molecule has 3 heterocycles. The van der Waals surface area contributed by atoms with Crippen molar-refractivity contribution in [3.63, 3.8) is 0 Å². The van der Waals surface area contributed by atoms with Gasteiger partial charge in [0.2, 0.25) is 0 Å². The summed E-state index contributed by atoms with van der Waals surface area (Å²) in [5.74, 6) is 0.0912. The van der Waals surface area contributed by atoms with Gasteiger partial charge in [-0.1, -0.05) is 41.1 Å². The lowest BCUT2D eigenvalue weighted by Gasteiger charge is -2.25. The van der Waals surface area contributed by atoms with Crippen LogP contribution >= 0.6 is 22.9 Å². The molecule has 2 aromatic heterocycles. The number of nitrogens with zero attached hydrogens (tertiary/aromatic N) is 3. The van der Waals surface area contributed by atoms with Crippen molar-refractivity contribution in [2.75, 3.05) is 0 Å². The van der Waals surface area contributed by atoms with E-state index in [0.29, 0.717) is 42.7 Å². The van der Waals surface area contributed by atoms with Crippen LogP contribution in [0.3, 0.4) is 0 Å². The molecule has 9 nitrogen and oxygen atoms in total. The average molecular weight is 578 g/mol. The van der Waals surface area contributed by atoms with Crippen molar-refractivity contribution < 1.29 is 18.9 Å². The van der Waals surface area contributed by atoms with Gasteiger partial charge in [-0.2, -0.15) is 0 Å². The number of esters is 1. The standard InChI is InChI=1S/C29H24ClN3O6S/c1-15(2)38-28(35)25-17(4)31-29-32(26(25)18-6-8-19(30)9-7-18)27(34)24(40-29)14-20-10-12-23(39-20)21-11-5-16(3)13-22(21)33(36)37/h5-15,26H,1-4H3. The number of allylic oxidation sites excluding steroid dienone is 1. The van der Waals surface area contributed by atoms with Gasteiger partial charge in [0, 0.05) is 17.2 Å². The minimum absolute atomic E-state index is 0.0699. The number of hydrogen-bond donors (Lipinski definition) is 0. The number of fused-ring (bicyclic) bond motifs is 1. The molecule has 11 heteroatoms. The number of furan rings is 1. The topological polar surface area (TPSA) is 117 Å². The quantitative estimate of drug-likeness (QED) is 0.174. The fourth-order valence-electron chi connectivity index (χ4n) is 4.53. The summed E-state index contributed by atoms with van der Waals surface area (Å²) in [6.45, 7) is 6.99. The van der Waals surface area contributed by atoms with E-state index in [4.69, 9.17) is 20.8 Å². The maximum absolute atomic E-state index is 13.8. The van der Waals surface area contributed by atoms with Gasteiger partial charge in [-0.25, -0.2) is 9.79 Å². The molecule has 0 spiro atoms. The third-order valence-corrected chi connectivity index (χ3v) is 7.52. The molecule has 1 atom stereocenters. The summed E-state index contributed by atoms with van der Waals surface area (Å²) in [7, 11) is 0. The molecule has 0 saturated heterocycles. The van der Waals surface area contributed by atoms with Gasteiger partial charge in [-0.3, -0.25) is 19.5 Å². The predicted octanol–water partition coefficient (Wildman–Crippen LogP) is 5.32. The normalized spacial score (nSPS) is 15.2. The summed E-state index contributed by atoms with van der Waals surface area (Å²) in [5.41, 5.74) is 2.04. The summed E-state index contributed by atoms with van der Waals surface area (Å²) >= 11 is 7.27. The predicted molar refractivity (Wildman–Crippen MR) is 152 cm³/mol. The first-order valence-corrected chi connectivity index (χ1v) is 13.6. The Bertz CT molecular complexity index is 1860. The fourth-order valence-corrected chi connectivity index (χ4v) is 5.68. The number of benzene rings is 2. The van der Waals surface area contributed by atoms with Crippen LogP contribution in [0.5, 0.6) is 0 Å². The summed E-state index contributed by atoms with van der Waals surface area (Å²) in [5, 5.41) is 12.1. The van der Waals surface area contributed by atoms with E-state index in [0.717, 1.165) is 16.9 Å². The number of aromatic nitrogens is 1. The molecule has 1 aliphatic heterocycles. The Balaban J connectivity index is 1.63. The zero-order valence-corrected chi connectivity index (χ0v) is 23.6. The number of hydrogen-bond acceptors (Lipinski definition) is 8. The molecule has 1 unspecified atom stereocenters. The van der Waals surface area contributed by atoms with Crippen LogP contribution in [0.4, 0.5) is 5.69 Å². The second kappa shape index (κ2) is 10.7. The Kier molecular flexibility index (Phi) is 7.31. The van der Waals surface area contributed by atoms with E-state index in [1.165, 1.54) is 10.6 Å². The Morgan fingerprint density at radius 3 is 2.58 bits per heavy atom. The molecule has 0 N–H and O–H groups in total. The highest BCUT2D eigenvalue weighted by Gasteiger charge is 2.33. The fraction of sp³-hybridized carbons (Fsp3) is 0.207. The first kappa shape index (κ1) is 27.3. The maximum Gasteiger partial charge on any atom is 0.338 e. The van der Waals surface area contributed by atoms with Gasteiger partial charge >= 0.3 is 5.97 Å². The monoisotopic (exact) mass is 577 g/mol. The van der Waals surface area contributed by atoms with Crippen LogP contribution in [0.15, 0.2) is 80.1 Å². The van der Waals surface area contributed by atoms with E-state index < -0.39 is 16.9 Å². The summed E-state index contributed by atoms with van der Waals surface area (Å²) in [6, 6.07) is 14.3. The zero-order valence-electron chi connectivity index (χ0n) is 22.0. The van der Waals surface area contributed by atoms with Crippen molar-refractivity contribution in [2.45, 2.75) is 39.8 Å². The van der Waals surface area contributed by atoms with Crippen LogP contribution in [0.25, 0.3) is 17.4 Å². The molecule has 5 rings (SSSR count). The van der Waals surface area contributed by atoms with Gasteiger partial charge in [-0.15, -0.1) is 0 Å². The van der Waals surface area contributed by atoms with Crippen LogP contribution in [0.1, 0.15) is 43.7 Å². The number of nitro benzene ring substituents is 1. The lowest BCUT2D eigenvalue weighted by Crippen LogP contribution is -2.40. The molecule has 40 heavy (non-hydrogen) atoms. The minimum atomic E-state index is -0.774. The van der Waals surface area contributed by atoms with Gasteiger partial charge < -0.3 is 9.15 Å². The molecular weight excluding hydrogens is 554 g/mol. The Morgan fingerprint density at radius 1 is 1.18 bits per heavy atom. The van der Waals surface area contributed by atoms with Gasteiger partial charge in [0.05, 0.1) is 38.4 Å². The molecule has 0 saturated carbocycles. The zero-order chi connectivity index (χ0) is 28.7. The second-order valence-corrected chi connectivity index (χ2v) is 11.0. The van der Waals surface area contributed by atoms with Gasteiger partial charge in [0.1, 0.15) is 11.5 Å². The Labute approximate surface area is 237 Å². The van der Waals surface area contributed by atoms with Gasteiger partial charge in [-0.05, 0) is 69.2 Å². The molecule has 0 radical (unpaired) electrons. The molecule has 0 amide bonds. The second-order valence-electron chi connectivity index (χ2n) is 9.57. The summed E-state index contributed by atoms with van der Waals surface area (Å²) in [6.07, 6.45) is 1.21. The maximum atomic E-state index is 13.8. The number of carbonyl (C=O) groups excluding carboxylic acids is 1. The highest BCUT2D eigenvalue weighted by Crippen LogP contribution is 2.33. The highest BCUT2D eigenvalue weighted by molar-refractivity contribution is 7.07. The van der Waals surface area contributed by atoms with Crippen LogP contribution < -0.4 is 14.9 Å². The third kappa shape index (κ3) is 5.15. The van der Waals surface area contributed by atoms with E-state index in [-0.39, 0.29) is 22.9 Å². The SMILES string of the molecule is CC1=C(C(=O)OC(C)C)C(c2ccc(Cl)cc2)n2c(sc(=Cc3ccc(-c4ccc(C)cc4[N+](=O)[O-])o3)c2=O)=N1. The van der Waals surface area contributed by atoms with E-state index in [1.807, 2.05) is 0 Å². The van der Waals surface area contributed by atoms with Gasteiger partial charge in [0.15, 0.2) is 4.80 Å². The Morgan fingerprint density at radius 2 is 1.90 bits per heavy atom. The molecule has 0 bridgehead atoms. The number of carbonyl (C=O) groups is 1. The van der Waals surface area contributed by atoms with Crippen molar-refractivity contribution in [2.24, 2.45) is 4.99 Å². The molecular formula is C29H24ClN3O6S. The van der Waals surface area contributed by atoms with Crippen molar-refractivity contribution >= 4 is 40.7 Å². The Hall–Kier alpha value is -4.28. The van der Waals surface area contributed by atoms with Crippen molar-refractivity contribution in [1.29, 1.82) is 0 Å². The number of aryl methyl sites for hydroxylation is 1. The van der Waals surface area contributed by atoms with E-state index >= 15 is 0 Å². The molecule has 0 fully saturated rings. The van der Waals surface area contributed by atoms with Gasteiger partial charge in [0.25, 0.3) is 11.2 Å². The lowest BCUT2D eigenvalue weighted by molar-refractivity contribution is -0.384. The van der Waals surface area contributed by atoms with Crippen molar-refractivity contribution in [3.05, 3.63) is 118 Å². The smallest absolute Gasteiger partial charge is 0.338 e.